The van der Waals surface area contributed by atoms with Gasteiger partial charge in [-0.1, -0.05) is 0 Å². The molecule has 0 fully saturated rings. The van der Waals surface area contributed by atoms with E-state index in [4.69, 9.17) is 14.2 Å². The molecule has 20 heavy (non-hydrogen) atoms. The third kappa shape index (κ3) is 3.64. The van der Waals surface area contributed by atoms with Crippen molar-refractivity contribution in [3.05, 3.63) is 22.2 Å². The standard InChI is InChI=1S/C14H18BrNO4/c1-3-18-14(17)9(2)16-8-10-6-11(15)13-12(7-10)19-4-5-20-13/h6-7,9,16H,3-5,8H2,1-2H3. The molecule has 1 unspecified atom stereocenters. The summed E-state index contributed by atoms with van der Waals surface area (Å²) in [6, 6.07) is 3.53. The fourth-order valence-corrected chi connectivity index (χ4v) is 2.49. The van der Waals surface area contributed by atoms with Gasteiger partial charge in [0, 0.05) is 6.54 Å². The van der Waals surface area contributed by atoms with Gasteiger partial charge in [-0.2, -0.15) is 0 Å². The van der Waals surface area contributed by atoms with Crippen LogP contribution in [0.25, 0.3) is 0 Å². The van der Waals surface area contributed by atoms with Crippen LogP contribution in [0.4, 0.5) is 0 Å². The highest BCUT2D eigenvalue weighted by Gasteiger charge is 2.17. The van der Waals surface area contributed by atoms with E-state index in [1.807, 2.05) is 12.1 Å². The van der Waals surface area contributed by atoms with Crippen LogP contribution in [0.2, 0.25) is 0 Å². The van der Waals surface area contributed by atoms with E-state index >= 15 is 0 Å². The van der Waals surface area contributed by atoms with Gasteiger partial charge in [-0.05, 0) is 47.5 Å². The summed E-state index contributed by atoms with van der Waals surface area (Å²) in [6.45, 7) is 5.63. The van der Waals surface area contributed by atoms with Crippen LogP contribution in [-0.2, 0) is 16.1 Å². The number of carbonyl (C=O) groups excluding carboxylic acids is 1. The molecule has 0 spiro atoms. The molecule has 1 heterocycles. The first-order valence-corrected chi connectivity index (χ1v) is 7.39. The van der Waals surface area contributed by atoms with Crippen molar-refractivity contribution in [2.24, 2.45) is 0 Å². The molecule has 0 bridgehead atoms. The highest BCUT2D eigenvalue weighted by atomic mass is 79.9. The molecule has 5 nitrogen and oxygen atoms in total. The lowest BCUT2D eigenvalue weighted by Gasteiger charge is -2.21. The number of hydrogen-bond acceptors (Lipinski definition) is 5. The molecule has 1 aliphatic heterocycles. The average molecular weight is 344 g/mol. The molecule has 0 saturated carbocycles. The van der Waals surface area contributed by atoms with Gasteiger partial charge in [0.2, 0.25) is 0 Å². The second kappa shape index (κ2) is 6.95. The van der Waals surface area contributed by atoms with E-state index in [9.17, 15) is 4.79 Å². The Hall–Kier alpha value is -1.27. The summed E-state index contributed by atoms with van der Waals surface area (Å²) in [7, 11) is 0. The van der Waals surface area contributed by atoms with Crippen molar-refractivity contribution in [3.8, 4) is 11.5 Å². The summed E-state index contributed by atoms with van der Waals surface area (Å²) in [6.07, 6.45) is 0. The van der Waals surface area contributed by atoms with Crippen LogP contribution in [0.1, 0.15) is 19.4 Å². The predicted molar refractivity (Wildman–Crippen MR) is 78.1 cm³/mol. The Bertz CT molecular complexity index is 492. The summed E-state index contributed by atoms with van der Waals surface area (Å²) >= 11 is 3.47. The fraction of sp³-hybridized carbons (Fsp3) is 0.500. The van der Waals surface area contributed by atoms with Gasteiger partial charge >= 0.3 is 5.97 Å². The number of rotatable bonds is 5. The van der Waals surface area contributed by atoms with E-state index in [0.717, 1.165) is 21.5 Å². The number of halogens is 1. The maximum Gasteiger partial charge on any atom is 0.322 e. The number of benzene rings is 1. The van der Waals surface area contributed by atoms with Crippen LogP contribution in [-0.4, -0.2) is 31.8 Å². The van der Waals surface area contributed by atoms with E-state index in [1.54, 1.807) is 13.8 Å². The molecule has 1 atom stereocenters. The van der Waals surface area contributed by atoms with Crippen molar-refractivity contribution in [1.29, 1.82) is 0 Å². The smallest absolute Gasteiger partial charge is 0.322 e. The normalized spacial score (nSPS) is 14.8. The van der Waals surface area contributed by atoms with E-state index in [2.05, 4.69) is 21.2 Å². The predicted octanol–water partition coefficient (Wildman–Crippen LogP) is 2.26. The molecule has 0 aromatic heterocycles. The van der Waals surface area contributed by atoms with Crippen LogP contribution in [0.15, 0.2) is 16.6 Å². The third-order valence-electron chi connectivity index (χ3n) is 2.91. The van der Waals surface area contributed by atoms with Crippen molar-refractivity contribution < 1.29 is 19.0 Å². The largest absolute Gasteiger partial charge is 0.486 e. The van der Waals surface area contributed by atoms with Crippen LogP contribution in [0.3, 0.4) is 0 Å². The lowest BCUT2D eigenvalue weighted by molar-refractivity contribution is -0.145. The second-order valence-electron chi connectivity index (χ2n) is 4.46. The second-order valence-corrected chi connectivity index (χ2v) is 5.31. The molecule has 0 aliphatic carbocycles. The Morgan fingerprint density at radius 2 is 2.20 bits per heavy atom. The van der Waals surface area contributed by atoms with Crippen LogP contribution >= 0.6 is 15.9 Å². The average Bonchev–Trinajstić information content (AvgIpc) is 2.45. The molecule has 0 amide bonds. The van der Waals surface area contributed by atoms with Crippen molar-refractivity contribution in [2.75, 3.05) is 19.8 Å². The lowest BCUT2D eigenvalue weighted by Crippen LogP contribution is -2.34. The summed E-state index contributed by atoms with van der Waals surface area (Å²) in [5.74, 6) is 1.22. The number of carbonyl (C=O) groups is 1. The summed E-state index contributed by atoms with van der Waals surface area (Å²) in [5, 5.41) is 3.13. The van der Waals surface area contributed by atoms with Gasteiger partial charge in [-0.15, -0.1) is 0 Å². The molecule has 1 N–H and O–H groups in total. The van der Waals surface area contributed by atoms with Gasteiger partial charge in [0.05, 0.1) is 11.1 Å². The third-order valence-corrected chi connectivity index (χ3v) is 3.50. The van der Waals surface area contributed by atoms with Gasteiger partial charge in [-0.3, -0.25) is 4.79 Å². The van der Waals surface area contributed by atoms with Crippen molar-refractivity contribution in [3.63, 3.8) is 0 Å². The Morgan fingerprint density at radius 1 is 1.45 bits per heavy atom. The quantitative estimate of drug-likeness (QED) is 0.831. The molecule has 0 saturated heterocycles. The number of hydrogen-bond donors (Lipinski definition) is 1. The summed E-state index contributed by atoms with van der Waals surface area (Å²) < 4.78 is 16.9. The van der Waals surface area contributed by atoms with E-state index in [1.165, 1.54) is 0 Å². The number of fused-ring (bicyclic) bond motifs is 1. The van der Waals surface area contributed by atoms with Gasteiger partial charge in [0.15, 0.2) is 11.5 Å². The van der Waals surface area contributed by atoms with Gasteiger partial charge in [0.1, 0.15) is 19.3 Å². The molecule has 1 aromatic carbocycles. The highest BCUT2D eigenvalue weighted by Crippen LogP contribution is 2.38. The van der Waals surface area contributed by atoms with E-state index < -0.39 is 0 Å². The topological polar surface area (TPSA) is 56.8 Å². The SMILES string of the molecule is CCOC(=O)C(C)NCc1cc(Br)c2c(c1)OCCO2. The first-order valence-electron chi connectivity index (χ1n) is 6.60. The molecule has 0 radical (unpaired) electrons. The van der Waals surface area contributed by atoms with Crippen molar-refractivity contribution >= 4 is 21.9 Å². The first-order chi connectivity index (χ1) is 9.61. The van der Waals surface area contributed by atoms with E-state index in [-0.39, 0.29) is 12.0 Å². The number of nitrogens with one attached hydrogen (secondary N) is 1. The number of esters is 1. The zero-order valence-corrected chi connectivity index (χ0v) is 13.2. The zero-order chi connectivity index (χ0) is 14.5. The van der Waals surface area contributed by atoms with Crippen LogP contribution < -0.4 is 14.8 Å². The van der Waals surface area contributed by atoms with Crippen LogP contribution in [0, 0.1) is 0 Å². The maximum absolute atomic E-state index is 11.5. The molecule has 2 rings (SSSR count). The van der Waals surface area contributed by atoms with Gasteiger partial charge in [0.25, 0.3) is 0 Å². The van der Waals surface area contributed by atoms with Crippen molar-refractivity contribution in [2.45, 2.75) is 26.4 Å². The van der Waals surface area contributed by atoms with Crippen molar-refractivity contribution in [1.82, 2.24) is 5.32 Å². The Balaban J connectivity index is 2.00. The number of ether oxygens (including phenoxy) is 3. The minimum Gasteiger partial charge on any atom is -0.486 e. The molecular formula is C14H18BrNO4. The van der Waals surface area contributed by atoms with E-state index in [0.29, 0.717) is 26.4 Å². The monoisotopic (exact) mass is 343 g/mol. The minimum absolute atomic E-state index is 0.246. The molecule has 6 heteroatoms. The molecule has 1 aliphatic rings. The fourth-order valence-electron chi connectivity index (χ4n) is 1.89. The van der Waals surface area contributed by atoms with Gasteiger partial charge in [-0.25, -0.2) is 0 Å². The zero-order valence-electron chi connectivity index (χ0n) is 11.6. The summed E-state index contributed by atoms with van der Waals surface area (Å²) in [5.41, 5.74) is 1.01. The lowest BCUT2D eigenvalue weighted by atomic mass is 10.2. The first kappa shape index (κ1) is 15.1. The molecule has 1 aromatic rings. The van der Waals surface area contributed by atoms with Crippen LogP contribution in [0.5, 0.6) is 11.5 Å². The Labute approximate surface area is 126 Å². The van der Waals surface area contributed by atoms with Gasteiger partial charge < -0.3 is 19.5 Å². The molecular weight excluding hydrogens is 326 g/mol. The highest BCUT2D eigenvalue weighted by molar-refractivity contribution is 9.10. The molecule has 110 valence electrons. The minimum atomic E-state index is -0.345. The Morgan fingerprint density at radius 3 is 2.95 bits per heavy atom. The Kier molecular flexibility index (Phi) is 5.25. The maximum atomic E-state index is 11.5. The summed E-state index contributed by atoms with van der Waals surface area (Å²) in [4.78, 5) is 11.5.